The lowest BCUT2D eigenvalue weighted by Gasteiger charge is -2.29. The lowest BCUT2D eigenvalue weighted by atomic mass is 9.93. The summed E-state index contributed by atoms with van der Waals surface area (Å²) in [6, 6.07) is 96.6. The number of rotatable bonds is 8. The van der Waals surface area contributed by atoms with Gasteiger partial charge in [-0.15, -0.1) is 0 Å². The zero-order chi connectivity index (χ0) is 46.8. The van der Waals surface area contributed by atoms with Crippen LogP contribution in [0.5, 0.6) is 0 Å². The molecule has 0 atom stereocenters. The van der Waals surface area contributed by atoms with Crippen LogP contribution in [0.1, 0.15) is 0 Å². The Morgan fingerprint density at radius 1 is 0.310 bits per heavy atom. The van der Waals surface area contributed by atoms with E-state index in [9.17, 15) is 0 Å². The monoisotopic (exact) mass is 904 g/mol. The third-order valence-corrected chi connectivity index (χ3v) is 14.4. The molecule has 332 valence electrons. The summed E-state index contributed by atoms with van der Waals surface area (Å²) in [5.41, 5.74) is 17.7. The Kier molecular flexibility index (Phi) is 9.53. The van der Waals surface area contributed by atoms with Gasteiger partial charge >= 0.3 is 0 Å². The number of hydrogen-bond acceptors (Lipinski definition) is 2. The van der Waals surface area contributed by atoms with E-state index in [1.165, 1.54) is 65.8 Å². The third kappa shape index (κ3) is 6.74. The maximum Gasteiger partial charge on any atom is 0.145 e. The molecular formula is C68H44N2O. The summed E-state index contributed by atoms with van der Waals surface area (Å²) in [6.07, 6.45) is 0. The van der Waals surface area contributed by atoms with Crippen molar-refractivity contribution in [2.75, 3.05) is 4.90 Å². The third-order valence-electron chi connectivity index (χ3n) is 14.4. The maximum atomic E-state index is 6.89. The summed E-state index contributed by atoms with van der Waals surface area (Å²) in [5, 5.41) is 9.44. The molecule has 0 radical (unpaired) electrons. The summed E-state index contributed by atoms with van der Waals surface area (Å²) < 4.78 is 9.28. The molecule has 0 fully saturated rings. The Labute approximate surface area is 411 Å². The number of anilines is 3. The highest BCUT2D eigenvalue weighted by molar-refractivity contribution is 6.21. The highest BCUT2D eigenvalue weighted by Crippen LogP contribution is 2.50. The van der Waals surface area contributed by atoms with Gasteiger partial charge in [-0.2, -0.15) is 0 Å². The van der Waals surface area contributed by atoms with Crippen LogP contribution in [-0.2, 0) is 0 Å². The van der Waals surface area contributed by atoms with E-state index in [2.05, 4.69) is 276 Å². The fraction of sp³-hybridized carbons (Fsp3) is 0. The standard InChI is InChI=1S/C68H44N2O/c1-3-17-49(18-4-1)54-40-43-64(67-60-25-12-14-29-65(60)71-68(54)67)70(53-38-36-47(37-39-53)46-30-32-48(33-31-46)51-35-34-45-16-7-8-19-50(45)44-51)62-42-41-56(55-22-9-10-23-57(55)62)58-26-15-28-63-66(58)59-24-11-13-27-61(59)69(63)52-20-5-2-6-21-52/h1-44H. The second-order valence-corrected chi connectivity index (χ2v) is 18.4. The molecule has 2 heterocycles. The summed E-state index contributed by atoms with van der Waals surface area (Å²) in [7, 11) is 0. The molecular weight excluding hydrogens is 861 g/mol. The molecule has 0 N–H and O–H groups in total. The van der Waals surface area contributed by atoms with E-state index in [4.69, 9.17) is 4.42 Å². The van der Waals surface area contributed by atoms with Crippen LogP contribution >= 0.6 is 0 Å². The van der Waals surface area contributed by atoms with Crippen LogP contribution in [0.3, 0.4) is 0 Å². The van der Waals surface area contributed by atoms with Gasteiger partial charge in [0.25, 0.3) is 0 Å². The van der Waals surface area contributed by atoms with Gasteiger partial charge in [0.15, 0.2) is 0 Å². The van der Waals surface area contributed by atoms with Crippen molar-refractivity contribution < 1.29 is 4.42 Å². The molecule has 3 nitrogen and oxygen atoms in total. The molecule has 0 spiro atoms. The molecule has 0 unspecified atom stereocenters. The lowest BCUT2D eigenvalue weighted by molar-refractivity contribution is 0.670. The first kappa shape index (κ1) is 40.6. The van der Waals surface area contributed by atoms with E-state index in [0.717, 1.165) is 66.8 Å². The van der Waals surface area contributed by atoms with Crippen molar-refractivity contribution in [3.05, 3.63) is 267 Å². The number of fused-ring (bicyclic) bond motifs is 8. The zero-order valence-corrected chi connectivity index (χ0v) is 38.7. The summed E-state index contributed by atoms with van der Waals surface area (Å²) in [4.78, 5) is 2.44. The number of hydrogen-bond donors (Lipinski definition) is 0. The lowest BCUT2D eigenvalue weighted by Crippen LogP contribution is -2.11. The highest BCUT2D eigenvalue weighted by Gasteiger charge is 2.25. The molecule has 0 saturated carbocycles. The normalized spacial score (nSPS) is 11.7. The van der Waals surface area contributed by atoms with E-state index in [0.29, 0.717) is 0 Å². The quantitative estimate of drug-likeness (QED) is 0.151. The predicted octanol–water partition coefficient (Wildman–Crippen LogP) is 19.1. The van der Waals surface area contributed by atoms with Crippen LogP contribution in [-0.4, -0.2) is 4.57 Å². The number of nitrogens with zero attached hydrogens (tertiary/aromatic N) is 2. The van der Waals surface area contributed by atoms with Gasteiger partial charge in [-0.1, -0.05) is 200 Å². The number of aromatic nitrogens is 1. The first-order chi connectivity index (χ1) is 35.2. The summed E-state index contributed by atoms with van der Waals surface area (Å²) in [6.45, 7) is 0. The number of furan rings is 1. The zero-order valence-electron chi connectivity index (χ0n) is 38.7. The predicted molar refractivity (Wildman–Crippen MR) is 299 cm³/mol. The van der Waals surface area contributed by atoms with E-state index in [1.807, 2.05) is 0 Å². The maximum absolute atomic E-state index is 6.89. The first-order valence-electron chi connectivity index (χ1n) is 24.3. The Balaban J connectivity index is 0.957. The molecule has 12 aromatic carbocycles. The Bertz CT molecular complexity index is 4320. The SMILES string of the molecule is c1ccc(-c2ccc(N(c3ccc(-c4ccc(-c5ccc6ccccc6c5)cc4)cc3)c3ccc(-c4cccc5c4c4ccccc4n5-c4ccccc4)c4ccccc34)c3c2oc2ccccc23)cc1. The van der Waals surface area contributed by atoms with Crippen molar-refractivity contribution >= 4 is 82.4 Å². The molecule has 0 saturated heterocycles. The molecule has 2 aromatic heterocycles. The molecule has 14 aromatic rings. The molecule has 0 aliphatic heterocycles. The van der Waals surface area contributed by atoms with Gasteiger partial charge in [0.05, 0.1) is 27.8 Å². The first-order valence-corrected chi connectivity index (χ1v) is 24.3. The summed E-state index contributed by atoms with van der Waals surface area (Å²) in [5.74, 6) is 0. The van der Waals surface area contributed by atoms with E-state index in [-0.39, 0.29) is 0 Å². The second kappa shape index (κ2) is 16.7. The largest absolute Gasteiger partial charge is 0.455 e. The van der Waals surface area contributed by atoms with Crippen molar-refractivity contribution in [2.24, 2.45) is 0 Å². The van der Waals surface area contributed by atoms with Gasteiger partial charge in [-0.3, -0.25) is 0 Å². The minimum atomic E-state index is 0.859. The van der Waals surface area contributed by atoms with E-state index < -0.39 is 0 Å². The second-order valence-electron chi connectivity index (χ2n) is 18.4. The van der Waals surface area contributed by atoms with Gasteiger partial charge in [0.1, 0.15) is 11.2 Å². The highest BCUT2D eigenvalue weighted by atomic mass is 16.3. The van der Waals surface area contributed by atoms with Crippen LogP contribution in [0.4, 0.5) is 17.1 Å². The summed E-state index contributed by atoms with van der Waals surface area (Å²) >= 11 is 0. The molecule has 0 amide bonds. The molecule has 71 heavy (non-hydrogen) atoms. The van der Waals surface area contributed by atoms with Crippen molar-refractivity contribution in [1.29, 1.82) is 0 Å². The van der Waals surface area contributed by atoms with E-state index in [1.54, 1.807) is 0 Å². The topological polar surface area (TPSA) is 21.3 Å². The van der Waals surface area contributed by atoms with Crippen molar-refractivity contribution in [3.8, 4) is 50.2 Å². The molecule has 0 aliphatic carbocycles. The number of benzene rings is 12. The van der Waals surface area contributed by atoms with Crippen LogP contribution in [0, 0.1) is 0 Å². The van der Waals surface area contributed by atoms with Crippen molar-refractivity contribution in [1.82, 2.24) is 4.57 Å². The molecule has 0 aliphatic rings. The molecule has 0 bridgehead atoms. The van der Waals surface area contributed by atoms with Gasteiger partial charge in [0, 0.05) is 38.5 Å². The van der Waals surface area contributed by atoms with Crippen LogP contribution in [0.25, 0.3) is 115 Å². The minimum Gasteiger partial charge on any atom is -0.455 e. The average molecular weight is 905 g/mol. The molecule has 14 rings (SSSR count). The van der Waals surface area contributed by atoms with Crippen LogP contribution in [0.15, 0.2) is 271 Å². The average Bonchev–Trinajstić information content (AvgIpc) is 4.01. The number of para-hydroxylation sites is 3. The van der Waals surface area contributed by atoms with Gasteiger partial charge in [-0.05, 0) is 122 Å². The van der Waals surface area contributed by atoms with Crippen LogP contribution in [0.2, 0.25) is 0 Å². The Morgan fingerprint density at radius 2 is 0.887 bits per heavy atom. The van der Waals surface area contributed by atoms with Gasteiger partial charge < -0.3 is 13.9 Å². The van der Waals surface area contributed by atoms with Crippen molar-refractivity contribution in [2.45, 2.75) is 0 Å². The smallest absolute Gasteiger partial charge is 0.145 e. The van der Waals surface area contributed by atoms with Gasteiger partial charge in [-0.25, -0.2) is 0 Å². The van der Waals surface area contributed by atoms with Crippen LogP contribution < -0.4 is 4.90 Å². The van der Waals surface area contributed by atoms with Gasteiger partial charge in [0.2, 0.25) is 0 Å². The fourth-order valence-electron chi connectivity index (χ4n) is 11.1. The Hall–Kier alpha value is -9.44. The molecule has 3 heteroatoms. The van der Waals surface area contributed by atoms with E-state index >= 15 is 0 Å². The minimum absolute atomic E-state index is 0.859. The Morgan fingerprint density at radius 3 is 1.68 bits per heavy atom. The fourth-order valence-corrected chi connectivity index (χ4v) is 11.1. The van der Waals surface area contributed by atoms with Crippen molar-refractivity contribution in [3.63, 3.8) is 0 Å².